The number of thiazole rings is 1. The van der Waals surface area contributed by atoms with Crippen LogP contribution in [-0.2, 0) is 11.3 Å². The Hall–Kier alpha value is -5.15. The Labute approximate surface area is 253 Å². The topological polar surface area (TPSA) is 111 Å². The van der Waals surface area contributed by atoms with Crippen molar-refractivity contribution < 1.29 is 29.3 Å². The molecule has 0 atom stereocenters. The summed E-state index contributed by atoms with van der Waals surface area (Å²) in [6, 6.07) is 22.2. The molecule has 0 unspecified atom stereocenters. The molecule has 0 spiro atoms. The van der Waals surface area contributed by atoms with Crippen molar-refractivity contribution in [3.63, 3.8) is 0 Å². The fourth-order valence-corrected chi connectivity index (χ4v) is 5.63. The molecule has 0 bridgehead atoms. The number of ketones is 1. The van der Waals surface area contributed by atoms with Crippen LogP contribution in [0.25, 0.3) is 16.4 Å². The van der Waals surface area contributed by atoms with Crippen molar-refractivity contribution in [3.8, 4) is 33.8 Å². The summed E-state index contributed by atoms with van der Waals surface area (Å²) in [6.07, 6.45) is 1.46. The zero-order valence-electron chi connectivity index (χ0n) is 24.0. The van der Waals surface area contributed by atoms with Crippen LogP contribution in [0.5, 0.6) is 17.4 Å². The first-order chi connectivity index (χ1) is 20.7. The standard InChI is InChI=1S/C34H30N2O6S/c1-5-17-41-33(40)31-22(4)35-34(43-31)36-28(24-13-11-20(2)12-14-24)27(30(38)32(36)39)29(37)26-16-15-25(18-21(26)3)42-19-23-9-7-6-8-10-23/h5-16,18,38-39H,1,17,19H2,2-4H3. The first-order valence-electron chi connectivity index (χ1n) is 13.5. The molecule has 0 aliphatic rings. The van der Waals surface area contributed by atoms with Crippen molar-refractivity contribution >= 4 is 23.1 Å². The Balaban J connectivity index is 1.58. The maximum Gasteiger partial charge on any atom is 0.350 e. The molecule has 0 aliphatic carbocycles. The molecule has 0 radical (unpaired) electrons. The van der Waals surface area contributed by atoms with Crippen LogP contribution in [0.4, 0.5) is 0 Å². The van der Waals surface area contributed by atoms with Gasteiger partial charge in [-0.1, -0.05) is 84.2 Å². The van der Waals surface area contributed by atoms with Gasteiger partial charge in [-0.25, -0.2) is 9.78 Å². The predicted molar refractivity (Wildman–Crippen MR) is 166 cm³/mol. The summed E-state index contributed by atoms with van der Waals surface area (Å²) in [7, 11) is 0. The molecular weight excluding hydrogens is 564 g/mol. The van der Waals surface area contributed by atoms with E-state index in [9.17, 15) is 19.8 Å². The third-order valence-electron chi connectivity index (χ3n) is 6.86. The zero-order valence-corrected chi connectivity index (χ0v) is 24.8. The highest BCUT2D eigenvalue weighted by molar-refractivity contribution is 7.16. The monoisotopic (exact) mass is 594 g/mol. The van der Waals surface area contributed by atoms with Crippen LogP contribution in [0, 0.1) is 20.8 Å². The van der Waals surface area contributed by atoms with Gasteiger partial charge in [-0.2, -0.15) is 0 Å². The number of hydrogen-bond acceptors (Lipinski definition) is 8. The van der Waals surface area contributed by atoms with E-state index in [1.165, 1.54) is 10.6 Å². The van der Waals surface area contributed by atoms with Crippen molar-refractivity contribution in [3.05, 3.63) is 124 Å². The van der Waals surface area contributed by atoms with Crippen molar-refractivity contribution in [2.24, 2.45) is 0 Å². The molecule has 2 heterocycles. The van der Waals surface area contributed by atoms with Crippen LogP contribution >= 0.6 is 11.3 Å². The Kier molecular flexibility index (Phi) is 8.45. The predicted octanol–water partition coefficient (Wildman–Crippen LogP) is 7.09. The van der Waals surface area contributed by atoms with Crippen LogP contribution in [0.2, 0.25) is 0 Å². The quantitative estimate of drug-likeness (QED) is 0.101. The number of hydrogen-bond donors (Lipinski definition) is 2. The largest absolute Gasteiger partial charge is 0.503 e. The van der Waals surface area contributed by atoms with Gasteiger partial charge in [-0.15, -0.1) is 0 Å². The minimum atomic E-state index is -0.590. The summed E-state index contributed by atoms with van der Waals surface area (Å²) < 4.78 is 12.4. The second-order valence-corrected chi connectivity index (χ2v) is 11.0. The maximum absolute atomic E-state index is 14.1. The molecule has 2 aromatic heterocycles. The Morgan fingerprint density at radius 3 is 2.40 bits per heavy atom. The maximum atomic E-state index is 14.1. The molecule has 2 N–H and O–H groups in total. The molecular formula is C34H30N2O6S. The summed E-state index contributed by atoms with van der Waals surface area (Å²) in [6.45, 7) is 9.32. The highest BCUT2D eigenvalue weighted by atomic mass is 32.1. The summed E-state index contributed by atoms with van der Waals surface area (Å²) in [4.78, 5) is 31.5. The molecule has 3 aromatic carbocycles. The average molecular weight is 595 g/mol. The fourth-order valence-electron chi connectivity index (χ4n) is 4.66. The molecule has 9 heteroatoms. The zero-order chi connectivity index (χ0) is 30.7. The first kappa shape index (κ1) is 29.3. The van der Waals surface area contributed by atoms with Gasteiger partial charge < -0.3 is 19.7 Å². The second-order valence-electron chi connectivity index (χ2n) is 9.98. The van der Waals surface area contributed by atoms with E-state index in [4.69, 9.17) is 9.47 Å². The molecule has 0 saturated heterocycles. The highest BCUT2D eigenvalue weighted by Crippen LogP contribution is 2.45. The molecule has 8 nitrogen and oxygen atoms in total. The van der Waals surface area contributed by atoms with E-state index in [1.54, 1.807) is 44.2 Å². The van der Waals surface area contributed by atoms with E-state index in [-0.39, 0.29) is 27.9 Å². The van der Waals surface area contributed by atoms with Gasteiger partial charge in [0.1, 0.15) is 23.8 Å². The van der Waals surface area contributed by atoms with E-state index in [1.807, 2.05) is 49.4 Å². The lowest BCUT2D eigenvalue weighted by atomic mass is 9.96. The summed E-state index contributed by atoms with van der Waals surface area (Å²) in [5.41, 5.74) is 4.06. The second kappa shape index (κ2) is 12.4. The molecule has 0 fully saturated rings. The van der Waals surface area contributed by atoms with Crippen molar-refractivity contribution in [1.29, 1.82) is 0 Å². The van der Waals surface area contributed by atoms with Crippen molar-refractivity contribution in [1.82, 2.24) is 9.55 Å². The van der Waals surface area contributed by atoms with Gasteiger partial charge in [-0.05, 0) is 55.7 Å². The Morgan fingerprint density at radius 1 is 1.00 bits per heavy atom. The van der Waals surface area contributed by atoms with E-state index in [0.29, 0.717) is 34.7 Å². The third-order valence-corrected chi connectivity index (χ3v) is 7.98. The molecule has 5 aromatic rings. The number of ether oxygens (including phenoxy) is 2. The molecule has 0 amide bonds. The molecule has 0 saturated carbocycles. The molecule has 218 valence electrons. The van der Waals surface area contributed by atoms with E-state index < -0.39 is 23.4 Å². The highest BCUT2D eigenvalue weighted by Gasteiger charge is 2.32. The number of aryl methyl sites for hydroxylation is 3. The van der Waals surface area contributed by atoms with Crippen LogP contribution in [-0.4, -0.2) is 38.1 Å². The lowest BCUT2D eigenvalue weighted by Crippen LogP contribution is -2.07. The fraction of sp³-hybridized carbons (Fsp3) is 0.147. The van der Waals surface area contributed by atoms with Gasteiger partial charge >= 0.3 is 5.97 Å². The van der Waals surface area contributed by atoms with Crippen LogP contribution < -0.4 is 4.74 Å². The number of aromatic nitrogens is 2. The normalized spacial score (nSPS) is 10.9. The Morgan fingerprint density at radius 2 is 1.72 bits per heavy atom. The van der Waals surface area contributed by atoms with Crippen LogP contribution in [0.3, 0.4) is 0 Å². The average Bonchev–Trinajstić information content (AvgIpc) is 3.51. The lowest BCUT2D eigenvalue weighted by molar-refractivity contribution is 0.0554. The van der Waals surface area contributed by atoms with E-state index in [2.05, 4.69) is 11.6 Å². The van der Waals surface area contributed by atoms with Gasteiger partial charge in [0.05, 0.1) is 17.0 Å². The number of benzene rings is 3. The van der Waals surface area contributed by atoms with Crippen molar-refractivity contribution in [2.45, 2.75) is 27.4 Å². The number of esters is 1. The Bertz CT molecular complexity index is 1820. The van der Waals surface area contributed by atoms with E-state index >= 15 is 0 Å². The smallest absolute Gasteiger partial charge is 0.350 e. The third kappa shape index (κ3) is 5.93. The molecule has 5 rings (SSSR count). The van der Waals surface area contributed by atoms with Gasteiger partial charge in [0.15, 0.2) is 16.7 Å². The SMILES string of the molecule is C=CCOC(=O)c1sc(-n2c(O)c(O)c(C(=O)c3ccc(OCc4ccccc4)cc3C)c2-c2ccc(C)cc2)nc1C. The first-order valence-corrected chi connectivity index (χ1v) is 14.3. The molecule has 0 aliphatic heterocycles. The number of nitrogens with zero attached hydrogens (tertiary/aromatic N) is 2. The van der Waals surface area contributed by atoms with Crippen LogP contribution in [0.15, 0.2) is 85.5 Å². The van der Waals surface area contributed by atoms with Gasteiger partial charge in [0.25, 0.3) is 0 Å². The lowest BCUT2D eigenvalue weighted by Gasteiger charge is -2.12. The summed E-state index contributed by atoms with van der Waals surface area (Å²) in [5.74, 6) is -1.65. The number of aromatic hydroxyl groups is 2. The van der Waals surface area contributed by atoms with Crippen molar-refractivity contribution in [2.75, 3.05) is 6.61 Å². The summed E-state index contributed by atoms with van der Waals surface area (Å²) >= 11 is 0.980. The van der Waals surface area contributed by atoms with E-state index in [0.717, 1.165) is 22.5 Å². The number of carbonyl (C=O) groups is 2. The summed E-state index contributed by atoms with van der Waals surface area (Å²) in [5, 5.41) is 22.6. The van der Waals surface area contributed by atoms with Gasteiger partial charge in [0.2, 0.25) is 5.88 Å². The van der Waals surface area contributed by atoms with Gasteiger partial charge in [-0.3, -0.25) is 9.36 Å². The van der Waals surface area contributed by atoms with Crippen LogP contribution in [0.1, 0.15) is 48.0 Å². The minimum absolute atomic E-state index is 0.0315. The number of carbonyl (C=O) groups excluding carboxylic acids is 2. The number of rotatable bonds is 10. The molecule has 43 heavy (non-hydrogen) atoms. The minimum Gasteiger partial charge on any atom is -0.503 e. The van der Waals surface area contributed by atoms with Gasteiger partial charge in [0, 0.05) is 5.56 Å².